The fourth-order valence-electron chi connectivity index (χ4n) is 2.49. The second-order valence-electron chi connectivity index (χ2n) is 5.95. The van der Waals surface area contributed by atoms with Gasteiger partial charge in [0.25, 0.3) is 5.91 Å². The number of carbonyl (C=O) groups is 1. The van der Waals surface area contributed by atoms with Crippen molar-refractivity contribution in [3.8, 4) is 11.5 Å². The predicted octanol–water partition coefficient (Wildman–Crippen LogP) is 6.36. The average Bonchev–Trinajstić information content (AvgIpc) is 2.64. The monoisotopic (exact) mass is 430 g/mol. The van der Waals surface area contributed by atoms with Crippen LogP contribution in [0.4, 0.5) is 27.8 Å². The maximum Gasteiger partial charge on any atom is 0.416 e. The van der Waals surface area contributed by atoms with E-state index >= 15 is 0 Å². The minimum absolute atomic E-state index is 0.000426. The lowest BCUT2D eigenvalue weighted by molar-refractivity contribution is -0.137. The van der Waals surface area contributed by atoms with Gasteiger partial charge in [0.2, 0.25) is 0 Å². The summed E-state index contributed by atoms with van der Waals surface area (Å²) in [7, 11) is 0. The molecule has 0 saturated carbocycles. The molecule has 10 heteroatoms. The number of rotatable bonds is 4. The fraction of sp³-hybridized carbons (Fsp3) is 0.158. The summed E-state index contributed by atoms with van der Waals surface area (Å²) in [5.41, 5.74) is -1.59. The van der Waals surface area contributed by atoms with Gasteiger partial charge in [0.1, 0.15) is 34.5 Å². The van der Waals surface area contributed by atoms with Gasteiger partial charge < -0.3 is 10.1 Å². The Hall–Kier alpha value is -2.94. The highest BCUT2D eigenvalue weighted by Crippen LogP contribution is 2.36. The number of aromatic nitrogens is 1. The molecule has 1 aliphatic rings. The third-order valence-electron chi connectivity index (χ3n) is 3.89. The average molecular weight is 431 g/mol. The molecular weight excluding hydrogens is 419 g/mol. The topological polar surface area (TPSA) is 51.2 Å². The molecule has 0 radical (unpaired) electrons. The van der Waals surface area contributed by atoms with Gasteiger partial charge in [-0.05, 0) is 42.8 Å². The second-order valence-corrected chi connectivity index (χ2v) is 6.36. The van der Waals surface area contributed by atoms with Crippen molar-refractivity contribution >= 4 is 23.3 Å². The summed E-state index contributed by atoms with van der Waals surface area (Å²) in [5.74, 6) is -2.68. The third-order valence-corrected chi connectivity index (χ3v) is 4.18. The zero-order chi connectivity index (χ0) is 21.2. The molecule has 0 fully saturated rings. The van der Waals surface area contributed by atoms with Gasteiger partial charge >= 0.3 is 6.18 Å². The first-order valence-corrected chi connectivity index (χ1v) is 8.59. The molecule has 1 heterocycles. The molecule has 1 aliphatic carbocycles. The third kappa shape index (κ3) is 4.92. The molecule has 29 heavy (non-hydrogen) atoms. The van der Waals surface area contributed by atoms with Crippen LogP contribution in [-0.2, 0) is 11.0 Å². The van der Waals surface area contributed by atoms with Crippen LogP contribution in [0.1, 0.15) is 18.4 Å². The van der Waals surface area contributed by atoms with Gasteiger partial charge in [-0.1, -0.05) is 11.6 Å². The van der Waals surface area contributed by atoms with Crippen LogP contribution < -0.4 is 10.1 Å². The van der Waals surface area contributed by atoms with Crippen LogP contribution in [0.15, 0.2) is 59.8 Å². The fourth-order valence-corrected chi connectivity index (χ4v) is 2.71. The highest BCUT2D eigenvalue weighted by molar-refractivity contribution is 6.32. The van der Waals surface area contributed by atoms with Crippen molar-refractivity contribution in [3.63, 3.8) is 0 Å². The maximum absolute atomic E-state index is 13.7. The Labute approximate surface area is 166 Å². The molecule has 1 amide bonds. The number of amides is 1. The molecule has 152 valence electrons. The summed E-state index contributed by atoms with van der Waals surface area (Å²) < 4.78 is 70.7. The van der Waals surface area contributed by atoms with E-state index in [4.69, 9.17) is 16.3 Å². The molecular formula is C19H12ClF5N2O2. The maximum atomic E-state index is 13.7. The minimum Gasteiger partial charge on any atom is -0.454 e. The van der Waals surface area contributed by atoms with Crippen LogP contribution in [-0.4, -0.2) is 10.9 Å². The molecule has 3 rings (SSSR count). The van der Waals surface area contributed by atoms with Crippen molar-refractivity contribution < 1.29 is 31.5 Å². The quantitative estimate of drug-likeness (QED) is 0.574. The predicted molar refractivity (Wildman–Crippen MR) is 96.0 cm³/mol. The van der Waals surface area contributed by atoms with E-state index in [0.717, 1.165) is 24.3 Å². The lowest BCUT2D eigenvalue weighted by atomic mass is 10.0. The first-order chi connectivity index (χ1) is 13.6. The van der Waals surface area contributed by atoms with Crippen LogP contribution in [0.2, 0.25) is 5.02 Å². The van der Waals surface area contributed by atoms with E-state index < -0.39 is 34.9 Å². The Bertz CT molecular complexity index is 1000. The molecule has 0 bridgehead atoms. The van der Waals surface area contributed by atoms with E-state index in [1.54, 1.807) is 0 Å². The largest absolute Gasteiger partial charge is 0.454 e. The standard InChI is InChI=1S/C19H12ClF5N2O2/c20-12-8-10(19(23,24)25)4-6-15(12)29-11-5-7-16(26-9-11)27-18(28)17-13(21)2-1-3-14(17)22/h2,4-9H,1,3H2,(H,26,27,28). The van der Waals surface area contributed by atoms with Crippen molar-refractivity contribution in [3.05, 3.63) is 70.4 Å². The van der Waals surface area contributed by atoms with Crippen LogP contribution in [0, 0.1) is 0 Å². The van der Waals surface area contributed by atoms with Crippen LogP contribution in [0.3, 0.4) is 0 Å². The summed E-state index contributed by atoms with van der Waals surface area (Å²) in [6.07, 6.45) is -2.14. The Balaban J connectivity index is 1.70. The summed E-state index contributed by atoms with van der Waals surface area (Å²) in [4.78, 5) is 15.9. The SMILES string of the molecule is O=C(Nc1ccc(Oc2ccc(C(F)(F)F)cc2Cl)cn1)C1=C(F)CCC=C1F. The minimum atomic E-state index is -4.54. The normalized spacial score (nSPS) is 14.5. The molecule has 2 aromatic rings. The number of halogens is 6. The number of hydrogen-bond donors (Lipinski definition) is 1. The van der Waals surface area contributed by atoms with Gasteiger partial charge in [0.15, 0.2) is 0 Å². The smallest absolute Gasteiger partial charge is 0.416 e. The van der Waals surface area contributed by atoms with Crippen molar-refractivity contribution in [2.24, 2.45) is 0 Å². The molecule has 0 atom stereocenters. The summed E-state index contributed by atoms with van der Waals surface area (Å²) in [6.45, 7) is 0. The van der Waals surface area contributed by atoms with Crippen LogP contribution in [0.25, 0.3) is 0 Å². The molecule has 1 aromatic heterocycles. The van der Waals surface area contributed by atoms with Crippen molar-refractivity contribution in [2.75, 3.05) is 5.32 Å². The summed E-state index contributed by atoms with van der Waals surface area (Å²) in [6, 6.07) is 5.27. The summed E-state index contributed by atoms with van der Waals surface area (Å²) >= 11 is 5.81. The number of nitrogens with one attached hydrogen (secondary N) is 1. The molecule has 0 aliphatic heterocycles. The zero-order valence-corrected chi connectivity index (χ0v) is 15.2. The Morgan fingerprint density at radius 3 is 2.52 bits per heavy atom. The molecule has 0 spiro atoms. The highest BCUT2D eigenvalue weighted by atomic mass is 35.5. The molecule has 4 nitrogen and oxygen atoms in total. The number of nitrogens with zero attached hydrogens (tertiary/aromatic N) is 1. The number of pyridine rings is 1. The van der Waals surface area contributed by atoms with Crippen molar-refractivity contribution in [1.29, 1.82) is 0 Å². The number of carbonyl (C=O) groups excluding carboxylic acids is 1. The Kier molecular flexibility index (Phi) is 5.88. The van der Waals surface area contributed by atoms with Gasteiger partial charge in [-0.15, -0.1) is 0 Å². The van der Waals surface area contributed by atoms with Gasteiger partial charge in [-0.2, -0.15) is 13.2 Å². The number of benzene rings is 1. The van der Waals surface area contributed by atoms with Gasteiger partial charge in [-0.25, -0.2) is 13.8 Å². The van der Waals surface area contributed by atoms with Gasteiger partial charge in [-0.3, -0.25) is 4.79 Å². The molecule has 0 saturated heterocycles. The number of allylic oxidation sites excluding steroid dienone is 2. The lowest BCUT2D eigenvalue weighted by Gasteiger charge is -2.13. The van der Waals surface area contributed by atoms with E-state index in [1.807, 2.05) is 0 Å². The number of alkyl halides is 3. The van der Waals surface area contributed by atoms with E-state index in [-0.39, 0.29) is 35.2 Å². The van der Waals surface area contributed by atoms with Crippen molar-refractivity contribution in [1.82, 2.24) is 4.98 Å². The first-order valence-electron chi connectivity index (χ1n) is 8.22. The first kappa shape index (κ1) is 20.8. The second kappa shape index (κ2) is 8.20. The zero-order valence-electron chi connectivity index (χ0n) is 14.5. The summed E-state index contributed by atoms with van der Waals surface area (Å²) in [5, 5.41) is 2.01. The number of ether oxygens (including phenoxy) is 1. The molecule has 0 unspecified atom stereocenters. The number of anilines is 1. The molecule has 1 N–H and O–H groups in total. The van der Waals surface area contributed by atoms with Crippen LogP contribution in [0.5, 0.6) is 11.5 Å². The van der Waals surface area contributed by atoms with Gasteiger partial charge in [0.05, 0.1) is 16.8 Å². The molecule has 1 aromatic carbocycles. The highest BCUT2D eigenvalue weighted by Gasteiger charge is 2.31. The van der Waals surface area contributed by atoms with E-state index in [0.29, 0.717) is 0 Å². The van der Waals surface area contributed by atoms with Crippen molar-refractivity contribution in [2.45, 2.75) is 19.0 Å². The van der Waals surface area contributed by atoms with Crippen LogP contribution >= 0.6 is 11.6 Å². The lowest BCUT2D eigenvalue weighted by Crippen LogP contribution is -2.18. The Morgan fingerprint density at radius 2 is 1.93 bits per heavy atom. The number of hydrogen-bond acceptors (Lipinski definition) is 3. The van der Waals surface area contributed by atoms with E-state index in [1.165, 1.54) is 18.3 Å². The van der Waals surface area contributed by atoms with E-state index in [9.17, 15) is 26.7 Å². The van der Waals surface area contributed by atoms with Gasteiger partial charge in [0, 0.05) is 6.42 Å². The van der Waals surface area contributed by atoms with E-state index in [2.05, 4.69) is 10.3 Å². The Morgan fingerprint density at radius 1 is 1.17 bits per heavy atom.